The molecule has 0 aliphatic carbocycles. The minimum atomic E-state index is -5.88. The van der Waals surface area contributed by atoms with Gasteiger partial charge in [-0.25, -0.2) is 17.2 Å². The van der Waals surface area contributed by atoms with Crippen molar-refractivity contribution in [1.29, 1.82) is 0 Å². The van der Waals surface area contributed by atoms with E-state index in [0.29, 0.717) is 43.8 Å². The number of ether oxygens (including phenoxy) is 6. The summed E-state index contributed by atoms with van der Waals surface area (Å²) in [5.41, 5.74) is 0.758. The fourth-order valence-corrected chi connectivity index (χ4v) is 3.91. The van der Waals surface area contributed by atoms with E-state index < -0.39 is 56.4 Å². The van der Waals surface area contributed by atoms with Crippen molar-refractivity contribution < 1.29 is 93.3 Å². The number of benzene rings is 2. The minimum absolute atomic E-state index is 0. The smallest absolute Gasteiger partial charge is 0.744 e. The molecule has 0 fully saturated rings. The van der Waals surface area contributed by atoms with E-state index in [-0.39, 0.29) is 62.6 Å². The van der Waals surface area contributed by atoms with Gasteiger partial charge in [0, 0.05) is 5.56 Å². The van der Waals surface area contributed by atoms with Gasteiger partial charge in [0.15, 0.2) is 17.5 Å². The second-order valence-electron chi connectivity index (χ2n) is 8.69. The maximum absolute atomic E-state index is 13.9. The number of nitrogens with zero attached hydrogens (tertiary/aromatic N) is 4. The van der Waals surface area contributed by atoms with Gasteiger partial charge in [0.2, 0.25) is 23.2 Å². The predicted molar refractivity (Wildman–Crippen MR) is 141 cm³/mol. The Bertz CT molecular complexity index is 1500. The summed E-state index contributed by atoms with van der Waals surface area (Å²) in [6, 6.07) is 7.14. The summed E-state index contributed by atoms with van der Waals surface area (Å²) in [5.74, 6) is -11.3. The van der Waals surface area contributed by atoms with Gasteiger partial charge in [0.1, 0.15) is 27.4 Å². The first-order chi connectivity index (χ1) is 21.5. The average molecular weight is 687 g/mol. The van der Waals surface area contributed by atoms with E-state index in [9.17, 15) is 35.3 Å². The van der Waals surface area contributed by atoms with Crippen LogP contribution in [0.3, 0.4) is 0 Å². The second-order valence-corrected chi connectivity index (χ2v) is 10.0. The number of rotatable bonds is 19. The van der Waals surface area contributed by atoms with Crippen LogP contribution >= 0.6 is 0 Å². The van der Waals surface area contributed by atoms with Gasteiger partial charge in [0.25, 0.3) is 0 Å². The van der Waals surface area contributed by atoms with Crippen LogP contribution in [0.25, 0.3) is 11.4 Å². The van der Waals surface area contributed by atoms with Crippen LogP contribution in [-0.2, 0) is 33.9 Å². The molecule has 0 amide bonds. The summed E-state index contributed by atoms with van der Waals surface area (Å²) >= 11 is 0. The van der Waals surface area contributed by atoms with Crippen molar-refractivity contribution in [2.24, 2.45) is 0 Å². The Morgan fingerprint density at radius 1 is 0.717 bits per heavy atom. The number of esters is 1. The minimum Gasteiger partial charge on any atom is -0.744 e. The Kier molecular flexibility index (Phi) is 16.8. The first-order valence-electron chi connectivity index (χ1n) is 13.1. The zero-order chi connectivity index (χ0) is 32.8. The normalized spacial score (nSPS) is 11.3. The number of carbonyl (C=O) groups is 1. The number of hydrogen-bond donors (Lipinski definition) is 0. The van der Waals surface area contributed by atoms with E-state index in [1.54, 1.807) is 31.2 Å². The molecule has 0 aliphatic heterocycles. The molecule has 3 rings (SSSR count). The molecule has 0 bridgehead atoms. The van der Waals surface area contributed by atoms with Crippen LogP contribution < -0.4 is 39.0 Å². The number of hydrogen-bond acceptors (Lipinski definition) is 14. The molecule has 0 atom stereocenters. The summed E-state index contributed by atoms with van der Waals surface area (Å²) in [5, 5.41) is 15.7. The number of aromatic nitrogens is 4. The van der Waals surface area contributed by atoms with Gasteiger partial charge in [-0.15, -0.1) is 20.4 Å². The van der Waals surface area contributed by atoms with E-state index in [1.165, 1.54) is 0 Å². The Morgan fingerprint density at radius 2 is 1.17 bits per heavy atom. The molecule has 0 unspecified atom stereocenters. The average Bonchev–Trinajstić information content (AvgIpc) is 3.00. The van der Waals surface area contributed by atoms with Crippen molar-refractivity contribution in [2.45, 2.75) is 18.2 Å². The standard InChI is InChI=1S/C26H28F4N4O10S.Na/c1-16-31-33-26(34-32-16)17-2-4-18(5-3-17)43-15-14-42-13-12-41-11-10-40-9-8-39-7-6-19(35)44-24-20(27)22(29)25(45(36,37)38)23(30)21(24)28;/h2-5H,6-15H2,1H3,(H,36,37,38);/q;+1/p-1. The van der Waals surface area contributed by atoms with Crippen LogP contribution in [0, 0.1) is 30.2 Å². The number of carbonyl (C=O) groups excluding carboxylic acids is 1. The van der Waals surface area contributed by atoms with Crippen LogP contribution in [0.15, 0.2) is 29.2 Å². The van der Waals surface area contributed by atoms with Gasteiger partial charge in [0.05, 0.1) is 59.3 Å². The zero-order valence-corrected chi connectivity index (χ0v) is 27.5. The molecule has 3 aromatic rings. The van der Waals surface area contributed by atoms with E-state index >= 15 is 0 Å². The maximum Gasteiger partial charge on any atom is 1.00 e. The van der Waals surface area contributed by atoms with Crippen LogP contribution in [0.5, 0.6) is 11.5 Å². The fraction of sp³-hybridized carbons (Fsp3) is 0.423. The quantitative estimate of drug-likeness (QED) is 0.0289. The third-order valence-corrected chi connectivity index (χ3v) is 6.26. The zero-order valence-electron chi connectivity index (χ0n) is 24.7. The first kappa shape index (κ1) is 39.3. The monoisotopic (exact) mass is 686 g/mol. The van der Waals surface area contributed by atoms with Crippen molar-refractivity contribution in [2.75, 3.05) is 59.5 Å². The Morgan fingerprint density at radius 3 is 1.65 bits per heavy atom. The Labute approximate surface area is 282 Å². The SMILES string of the molecule is Cc1nnc(-c2ccc(OCCOCCOCCOCCOCCC(=O)Oc3c(F)c(F)c(S(=O)(=O)[O-])c(F)c3F)cc2)nn1.[Na+]. The molecule has 14 nitrogen and oxygen atoms in total. The van der Waals surface area contributed by atoms with Crippen molar-refractivity contribution in [1.82, 2.24) is 20.4 Å². The van der Waals surface area contributed by atoms with Gasteiger partial charge >= 0.3 is 35.5 Å². The Hall–Kier alpha value is -2.88. The Balaban J connectivity index is 0.00000736. The molecule has 0 aliphatic rings. The largest absolute Gasteiger partial charge is 1.00 e. The van der Waals surface area contributed by atoms with E-state index in [4.69, 9.17) is 23.7 Å². The maximum atomic E-state index is 13.9. The molecule has 0 spiro atoms. The molecular weight excluding hydrogens is 659 g/mol. The molecule has 1 aromatic heterocycles. The summed E-state index contributed by atoms with van der Waals surface area (Å²) < 4.78 is 119. The first-order valence-corrected chi connectivity index (χ1v) is 14.5. The topological polar surface area (TPSA) is 181 Å². The molecular formula is C26H27F4N4NaO10S. The van der Waals surface area contributed by atoms with Crippen LogP contribution in [0.2, 0.25) is 0 Å². The van der Waals surface area contributed by atoms with Gasteiger partial charge in [-0.2, -0.15) is 8.78 Å². The molecule has 246 valence electrons. The van der Waals surface area contributed by atoms with Gasteiger partial charge < -0.3 is 33.0 Å². The van der Waals surface area contributed by atoms with Crippen LogP contribution in [0.1, 0.15) is 12.2 Å². The van der Waals surface area contributed by atoms with Crippen LogP contribution in [0.4, 0.5) is 17.6 Å². The third-order valence-electron chi connectivity index (χ3n) is 5.40. The van der Waals surface area contributed by atoms with Gasteiger partial charge in [-0.3, -0.25) is 4.79 Å². The van der Waals surface area contributed by atoms with E-state index in [0.717, 1.165) is 5.56 Å². The summed E-state index contributed by atoms with van der Waals surface area (Å²) in [7, 11) is -5.88. The molecule has 0 saturated heterocycles. The van der Waals surface area contributed by atoms with Crippen molar-refractivity contribution in [3.05, 3.63) is 53.4 Å². The summed E-state index contributed by atoms with van der Waals surface area (Å²) in [4.78, 5) is 9.38. The molecule has 20 heteroatoms. The van der Waals surface area contributed by atoms with Gasteiger partial charge in [-0.05, 0) is 31.2 Å². The molecule has 0 radical (unpaired) electrons. The summed E-state index contributed by atoms with van der Waals surface area (Å²) in [6.45, 7) is 3.36. The van der Waals surface area contributed by atoms with E-state index in [2.05, 4.69) is 25.1 Å². The molecule has 0 saturated carbocycles. The van der Waals surface area contributed by atoms with Crippen molar-refractivity contribution in [3.8, 4) is 22.9 Å². The predicted octanol–water partition coefficient (Wildman–Crippen LogP) is -0.853. The second kappa shape index (κ2) is 19.7. The third kappa shape index (κ3) is 12.4. The number of aryl methyl sites for hydroxylation is 1. The fourth-order valence-electron chi connectivity index (χ4n) is 3.30. The molecule has 0 N–H and O–H groups in total. The number of halogens is 4. The van der Waals surface area contributed by atoms with Crippen molar-refractivity contribution in [3.63, 3.8) is 0 Å². The van der Waals surface area contributed by atoms with E-state index in [1.807, 2.05) is 0 Å². The molecule has 2 aromatic carbocycles. The molecule has 1 heterocycles. The van der Waals surface area contributed by atoms with Crippen molar-refractivity contribution >= 4 is 16.1 Å². The van der Waals surface area contributed by atoms with Gasteiger partial charge in [-0.1, -0.05) is 0 Å². The summed E-state index contributed by atoms with van der Waals surface area (Å²) in [6.07, 6.45) is -0.580. The van der Waals surface area contributed by atoms with Crippen LogP contribution in [-0.4, -0.2) is 98.8 Å². The molecule has 46 heavy (non-hydrogen) atoms.